The molecule has 4 N–H and O–H groups in total. The number of carboxylic acids is 1. The maximum absolute atomic E-state index is 13.7. The van der Waals surface area contributed by atoms with Gasteiger partial charge in [-0.25, -0.2) is 13.6 Å². The van der Waals surface area contributed by atoms with Gasteiger partial charge in [0.1, 0.15) is 0 Å². The van der Waals surface area contributed by atoms with Crippen molar-refractivity contribution < 1.29 is 18.7 Å². The summed E-state index contributed by atoms with van der Waals surface area (Å²) in [6.45, 7) is 0. The van der Waals surface area contributed by atoms with Gasteiger partial charge < -0.3 is 16.2 Å². The Morgan fingerprint density at radius 3 is 2.42 bits per heavy atom. The number of nitrogens with one attached hydrogen (secondary N) is 1. The van der Waals surface area contributed by atoms with Gasteiger partial charge >= 0.3 is 5.97 Å². The van der Waals surface area contributed by atoms with Gasteiger partial charge in [0.2, 0.25) is 0 Å². The fraction of sp³-hybridized carbons (Fsp3) is 0.462. The third-order valence-corrected chi connectivity index (χ3v) is 3.44. The number of hydrogen-bond acceptors (Lipinski definition) is 3. The lowest BCUT2D eigenvalue weighted by Crippen LogP contribution is -2.33. The molecule has 1 saturated carbocycles. The van der Waals surface area contributed by atoms with Crippen LogP contribution in [0.1, 0.15) is 36.0 Å². The molecule has 0 bridgehead atoms. The standard InChI is InChI=1S/C13H16F2N2O2/c14-11-9(13(18)19)5-6-10(12(11)15)17-8-3-1-7(16)2-4-8/h5-8,17H,1-4,16H2,(H,18,19). The van der Waals surface area contributed by atoms with Gasteiger partial charge in [-0.1, -0.05) is 0 Å². The molecule has 6 heteroatoms. The van der Waals surface area contributed by atoms with Crippen LogP contribution in [-0.4, -0.2) is 23.2 Å². The van der Waals surface area contributed by atoms with Crippen molar-refractivity contribution >= 4 is 11.7 Å². The van der Waals surface area contributed by atoms with E-state index in [1.165, 1.54) is 6.07 Å². The van der Waals surface area contributed by atoms with Gasteiger partial charge in [-0.05, 0) is 37.8 Å². The van der Waals surface area contributed by atoms with Gasteiger partial charge in [0.05, 0.1) is 11.3 Å². The molecule has 1 aliphatic rings. The van der Waals surface area contributed by atoms with Gasteiger partial charge in [0, 0.05) is 12.1 Å². The Morgan fingerprint density at radius 1 is 1.21 bits per heavy atom. The van der Waals surface area contributed by atoms with Crippen molar-refractivity contribution in [1.82, 2.24) is 0 Å². The minimum Gasteiger partial charge on any atom is -0.478 e. The first-order valence-electron chi connectivity index (χ1n) is 6.22. The molecule has 1 fully saturated rings. The van der Waals surface area contributed by atoms with E-state index in [1.54, 1.807) is 0 Å². The zero-order chi connectivity index (χ0) is 14.0. The zero-order valence-corrected chi connectivity index (χ0v) is 10.3. The van der Waals surface area contributed by atoms with Crippen LogP contribution in [0, 0.1) is 11.6 Å². The quantitative estimate of drug-likeness (QED) is 0.788. The van der Waals surface area contributed by atoms with Crippen molar-refractivity contribution in [3.63, 3.8) is 0 Å². The highest BCUT2D eigenvalue weighted by Crippen LogP contribution is 2.25. The molecule has 1 aliphatic carbocycles. The lowest BCUT2D eigenvalue weighted by molar-refractivity contribution is 0.0690. The molecular weight excluding hydrogens is 254 g/mol. The highest BCUT2D eigenvalue weighted by molar-refractivity contribution is 5.88. The number of anilines is 1. The maximum Gasteiger partial charge on any atom is 0.338 e. The molecule has 4 nitrogen and oxygen atoms in total. The molecule has 1 aromatic carbocycles. The van der Waals surface area contributed by atoms with Crippen LogP contribution in [0.5, 0.6) is 0 Å². The summed E-state index contributed by atoms with van der Waals surface area (Å²) in [7, 11) is 0. The monoisotopic (exact) mass is 270 g/mol. The van der Waals surface area contributed by atoms with Gasteiger partial charge in [-0.2, -0.15) is 0 Å². The first kappa shape index (κ1) is 13.7. The minimum atomic E-state index is -1.48. The number of rotatable bonds is 3. The van der Waals surface area contributed by atoms with Gasteiger partial charge in [-0.15, -0.1) is 0 Å². The third kappa shape index (κ3) is 3.01. The lowest BCUT2D eigenvalue weighted by atomic mass is 9.91. The minimum absolute atomic E-state index is 0.00275. The van der Waals surface area contributed by atoms with Crippen LogP contribution < -0.4 is 11.1 Å². The number of halogens is 2. The molecular formula is C13H16F2N2O2. The van der Waals surface area contributed by atoms with Crippen molar-refractivity contribution in [2.24, 2.45) is 5.73 Å². The fourth-order valence-electron chi connectivity index (χ4n) is 2.31. The average Bonchev–Trinajstić information content (AvgIpc) is 2.37. The molecule has 0 amide bonds. The van der Waals surface area contributed by atoms with E-state index >= 15 is 0 Å². The van der Waals surface area contributed by atoms with Crippen molar-refractivity contribution in [3.8, 4) is 0 Å². The number of nitrogens with two attached hydrogens (primary N) is 1. The van der Waals surface area contributed by atoms with Crippen molar-refractivity contribution in [2.45, 2.75) is 37.8 Å². The van der Waals surface area contributed by atoms with Crippen LogP contribution >= 0.6 is 0 Å². The number of carboxylic acid groups (broad SMARTS) is 1. The molecule has 2 rings (SSSR count). The van der Waals surface area contributed by atoms with Crippen LogP contribution in [0.2, 0.25) is 0 Å². The molecule has 104 valence electrons. The SMILES string of the molecule is NC1CCC(Nc2ccc(C(=O)O)c(F)c2F)CC1. The van der Waals surface area contributed by atoms with E-state index in [9.17, 15) is 13.6 Å². The van der Waals surface area contributed by atoms with E-state index in [-0.39, 0.29) is 17.8 Å². The topological polar surface area (TPSA) is 75.3 Å². The average molecular weight is 270 g/mol. The third-order valence-electron chi connectivity index (χ3n) is 3.44. The van der Waals surface area contributed by atoms with E-state index < -0.39 is 23.2 Å². The van der Waals surface area contributed by atoms with Crippen LogP contribution in [0.3, 0.4) is 0 Å². The Bertz CT molecular complexity index is 486. The van der Waals surface area contributed by atoms with Gasteiger partial charge in [0.15, 0.2) is 11.6 Å². The molecule has 0 unspecified atom stereocenters. The summed E-state index contributed by atoms with van der Waals surface area (Å²) in [6, 6.07) is 2.55. The molecule has 0 spiro atoms. The Morgan fingerprint density at radius 2 is 1.84 bits per heavy atom. The number of benzene rings is 1. The Balaban J connectivity index is 2.13. The van der Waals surface area contributed by atoms with Crippen LogP contribution in [0.4, 0.5) is 14.5 Å². The summed E-state index contributed by atoms with van der Waals surface area (Å²) in [6.07, 6.45) is 3.27. The van der Waals surface area contributed by atoms with E-state index in [1.807, 2.05) is 0 Å². The van der Waals surface area contributed by atoms with Crippen molar-refractivity contribution in [2.75, 3.05) is 5.32 Å². The van der Waals surface area contributed by atoms with Crippen LogP contribution in [-0.2, 0) is 0 Å². The summed E-state index contributed by atoms with van der Waals surface area (Å²) < 4.78 is 27.2. The Labute approximate surface area is 109 Å². The molecule has 0 saturated heterocycles. The molecule has 0 radical (unpaired) electrons. The predicted octanol–water partition coefficient (Wildman–Crippen LogP) is 2.34. The van der Waals surface area contributed by atoms with E-state index in [4.69, 9.17) is 10.8 Å². The summed E-state index contributed by atoms with van der Waals surface area (Å²) >= 11 is 0. The molecule has 0 aliphatic heterocycles. The zero-order valence-electron chi connectivity index (χ0n) is 10.3. The first-order valence-corrected chi connectivity index (χ1v) is 6.22. The predicted molar refractivity (Wildman–Crippen MR) is 67.2 cm³/mol. The van der Waals surface area contributed by atoms with Crippen molar-refractivity contribution in [3.05, 3.63) is 29.3 Å². The van der Waals surface area contributed by atoms with Gasteiger partial charge in [-0.3, -0.25) is 0 Å². The van der Waals surface area contributed by atoms with E-state index in [0.717, 1.165) is 31.7 Å². The maximum atomic E-state index is 13.7. The molecule has 1 aromatic rings. The summed E-state index contributed by atoms with van der Waals surface area (Å²) in [4.78, 5) is 10.7. The normalized spacial score (nSPS) is 23.1. The molecule has 0 heterocycles. The van der Waals surface area contributed by atoms with Crippen molar-refractivity contribution in [1.29, 1.82) is 0 Å². The number of carbonyl (C=O) groups is 1. The van der Waals surface area contributed by atoms with Crippen LogP contribution in [0.15, 0.2) is 12.1 Å². The lowest BCUT2D eigenvalue weighted by Gasteiger charge is -2.27. The second-order valence-corrected chi connectivity index (χ2v) is 4.85. The Hall–Kier alpha value is -1.69. The molecule has 19 heavy (non-hydrogen) atoms. The fourth-order valence-corrected chi connectivity index (χ4v) is 2.31. The first-order chi connectivity index (χ1) is 8.99. The number of aromatic carboxylic acids is 1. The van der Waals surface area contributed by atoms with E-state index in [2.05, 4.69) is 5.32 Å². The summed E-state index contributed by atoms with van der Waals surface area (Å²) in [5, 5.41) is 11.6. The second kappa shape index (κ2) is 5.52. The molecule has 0 atom stereocenters. The largest absolute Gasteiger partial charge is 0.478 e. The smallest absolute Gasteiger partial charge is 0.338 e. The summed E-state index contributed by atoms with van der Waals surface area (Å²) in [5.41, 5.74) is 5.11. The number of hydrogen-bond donors (Lipinski definition) is 3. The molecule has 0 aromatic heterocycles. The van der Waals surface area contributed by atoms with E-state index in [0.29, 0.717) is 0 Å². The highest BCUT2D eigenvalue weighted by Gasteiger charge is 2.22. The van der Waals surface area contributed by atoms with Gasteiger partial charge in [0.25, 0.3) is 0 Å². The highest BCUT2D eigenvalue weighted by atomic mass is 19.2. The van der Waals surface area contributed by atoms with Crippen LogP contribution in [0.25, 0.3) is 0 Å². The summed E-state index contributed by atoms with van der Waals surface area (Å²) in [5.74, 6) is -3.95. The second-order valence-electron chi connectivity index (χ2n) is 4.85. The Kier molecular flexibility index (Phi) is 3.99.